The summed E-state index contributed by atoms with van der Waals surface area (Å²) in [4.78, 5) is 37.1. The van der Waals surface area contributed by atoms with Crippen molar-refractivity contribution in [3.05, 3.63) is 45.7 Å². The van der Waals surface area contributed by atoms with Gasteiger partial charge in [-0.2, -0.15) is 9.78 Å². The van der Waals surface area contributed by atoms with Crippen molar-refractivity contribution in [1.29, 1.82) is 0 Å². The number of rotatable bonds is 2. The number of hydrogen-bond acceptors (Lipinski definition) is 4. The van der Waals surface area contributed by atoms with Crippen LogP contribution in [0.2, 0.25) is 0 Å². The summed E-state index contributed by atoms with van der Waals surface area (Å²) in [6, 6.07) is 6.41. The Morgan fingerprint density at radius 2 is 1.65 bits per heavy atom. The monoisotopic (exact) mass is 375 g/mol. The predicted octanol–water partition coefficient (Wildman–Crippen LogP) is 2.60. The van der Waals surface area contributed by atoms with E-state index < -0.39 is 0 Å². The van der Waals surface area contributed by atoms with Gasteiger partial charge in [-0.1, -0.05) is 0 Å². The molecule has 1 aliphatic rings. The fourth-order valence-electron chi connectivity index (χ4n) is 2.56. The molecule has 1 aromatic heterocycles. The number of carbonyl (C=O) groups excluding carboxylic acids is 3. The van der Waals surface area contributed by atoms with Gasteiger partial charge in [-0.25, -0.2) is 0 Å². The number of anilines is 1. The number of hydrogen-bond donors (Lipinski definition) is 0. The third-order valence-electron chi connectivity index (χ3n) is 3.82. The first kappa shape index (κ1) is 15.6. The van der Waals surface area contributed by atoms with Crippen molar-refractivity contribution in [3.8, 4) is 0 Å². The van der Waals surface area contributed by atoms with Gasteiger partial charge < -0.3 is 0 Å². The van der Waals surface area contributed by atoms with Crippen LogP contribution in [0.5, 0.6) is 0 Å². The fraction of sp³-hybridized carbons (Fsp3) is 0.250. The Morgan fingerprint density at radius 3 is 2.13 bits per heavy atom. The minimum Gasteiger partial charge on any atom is -0.274 e. The number of carbonyl (C=O) groups is 3. The minimum absolute atomic E-state index is 0.212. The van der Waals surface area contributed by atoms with Crippen molar-refractivity contribution < 1.29 is 14.4 Å². The van der Waals surface area contributed by atoms with Crippen molar-refractivity contribution in [2.45, 2.75) is 26.7 Å². The molecule has 118 valence electrons. The van der Waals surface area contributed by atoms with Crippen LogP contribution < -0.4 is 4.90 Å². The second kappa shape index (κ2) is 5.73. The molecule has 1 saturated heterocycles. The topological polar surface area (TPSA) is 72.3 Å². The molecule has 23 heavy (non-hydrogen) atoms. The van der Waals surface area contributed by atoms with Crippen molar-refractivity contribution in [1.82, 2.24) is 9.78 Å². The van der Waals surface area contributed by atoms with E-state index in [0.29, 0.717) is 11.3 Å². The third kappa shape index (κ3) is 2.61. The standard InChI is InChI=1S/C16H14BrN3O3/c1-9-15(17)10(2)20(18-9)16(23)11-3-5-12(6-4-11)19-13(21)7-8-14(19)22/h3-6H,7-8H2,1-2H3. The van der Waals surface area contributed by atoms with Crippen LogP contribution in [0.3, 0.4) is 0 Å². The Kier molecular flexibility index (Phi) is 3.89. The van der Waals surface area contributed by atoms with Crippen LogP contribution in [-0.4, -0.2) is 27.5 Å². The summed E-state index contributed by atoms with van der Waals surface area (Å²) in [5, 5.41) is 4.21. The fourth-order valence-corrected chi connectivity index (χ4v) is 2.81. The van der Waals surface area contributed by atoms with Gasteiger partial charge in [-0.3, -0.25) is 19.3 Å². The molecule has 6 nitrogen and oxygen atoms in total. The maximum absolute atomic E-state index is 12.5. The van der Waals surface area contributed by atoms with Gasteiger partial charge >= 0.3 is 0 Å². The molecule has 0 unspecified atom stereocenters. The molecule has 2 heterocycles. The summed E-state index contributed by atoms with van der Waals surface area (Å²) < 4.78 is 2.14. The average molecular weight is 376 g/mol. The summed E-state index contributed by atoms with van der Waals surface area (Å²) in [5.41, 5.74) is 2.39. The molecule has 0 atom stereocenters. The Morgan fingerprint density at radius 1 is 1.09 bits per heavy atom. The molecule has 2 aromatic rings. The largest absolute Gasteiger partial charge is 0.278 e. The lowest BCUT2D eigenvalue weighted by atomic mass is 10.2. The molecule has 7 heteroatoms. The maximum Gasteiger partial charge on any atom is 0.278 e. The first-order valence-corrected chi connectivity index (χ1v) is 7.91. The molecule has 1 aliphatic heterocycles. The second-order valence-corrected chi connectivity index (χ2v) is 6.16. The maximum atomic E-state index is 12.5. The Balaban J connectivity index is 1.90. The SMILES string of the molecule is Cc1nn(C(=O)c2ccc(N3C(=O)CCC3=O)cc2)c(C)c1Br. The quantitative estimate of drug-likeness (QED) is 0.756. The van der Waals surface area contributed by atoms with Gasteiger partial charge in [0.2, 0.25) is 11.8 Å². The number of imide groups is 1. The van der Waals surface area contributed by atoms with E-state index in [1.165, 1.54) is 4.68 Å². The Labute approximate surface area is 141 Å². The number of halogens is 1. The summed E-state index contributed by atoms with van der Waals surface area (Å²) in [7, 11) is 0. The molecule has 0 spiro atoms. The molecule has 0 N–H and O–H groups in total. The molecule has 0 saturated carbocycles. The number of amides is 2. The van der Waals surface area contributed by atoms with Gasteiger partial charge in [-0.05, 0) is 54.0 Å². The smallest absolute Gasteiger partial charge is 0.274 e. The van der Waals surface area contributed by atoms with E-state index in [0.717, 1.165) is 20.8 Å². The summed E-state index contributed by atoms with van der Waals surface area (Å²) in [6.45, 7) is 3.62. The van der Waals surface area contributed by atoms with E-state index >= 15 is 0 Å². The van der Waals surface area contributed by atoms with Gasteiger partial charge in [0.1, 0.15) is 0 Å². The van der Waals surface area contributed by atoms with Crippen LogP contribution in [0.4, 0.5) is 5.69 Å². The van der Waals surface area contributed by atoms with Crippen LogP contribution in [-0.2, 0) is 9.59 Å². The van der Waals surface area contributed by atoms with Gasteiger partial charge in [0.25, 0.3) is 5.91 Å². The lowest BCUT2D eigenvalue weighted by Crippen LogP contribution is -2.28. The average Bonchev–Trinajstić information content (AvgIpc) is 3.01. The summed E-state index contributed by atoms with van der Waals surface area (Å²) in [6.07, 6.45) is 0.471. The summed E-state index contributed by atoms with van der Waals surface area (Å²) in [5.74, 6) is -0.685. The Bertz CT molecular complexity index is 808. The van der Waals surface area contributed by atoms with Crippen LogP contribution in [0.1, 0.15) is 34.6 Å². The van der Waals surface area contributed by atoms with Crippen molar-refractivity contribution in [2.24, 2.45) is 0 Å². The van der Waals surface area contributed by atoms with Crippen LogP contribution in [0.15, 0.2) is 28.7 Å². The molecule has 0 radical (unpaired) electrons. The zero-order valence-corrected chi connectivity index (χ0v) is 14.3. The highest BCUT2D eigenvalue weighted by atomic mass is 79.9. The number of nitrogens with zero attached hydrogens (tertiary/aromatic N) is 3. The van der Waals surface area contributed by atoms with Crippen LogP contribution >= 0.6 is 15.9 Å². The van der Waals surface area contributed by atoms with Gasteiger partial charge in [-0.15, -0.1) is 0 Å². The lowest BCUT2D eigenvalue weighted by molar-refractivity contribution is -0.121. The molecule has 1 fully saturated rings. The molecular weight excluding hydrogens is 362 g/mol. The molecule has 0 aliphatic carbocycles. The van der Waals surface area contributed by atoms with Gasteiger partial charge in [0.15, 0.2) is 0 Å². The van der Waals surface area contributed by atoms with Crippen molar-refractivity contribution >= 4 is 39.3 Å². The predicted molar refractivity (Wildman–Crippen MR) is 87.3 cm³/mol. The highest BCUT2D eigenvalue weighted by Gasteiger charge is 2.30. The van der Waals surface area contributed by atoms with Gasteiger partial charge in [0.05, 0.1) is 21.5 Å². The van der Waals surface area contributed by atoms with Crippen LogP contribution in [0.25, 0.3) is 0 Å². The minimum atomic E-state index is -0.262. The van der Waals surface area contributed by atoms with E-state index in [2.05, 4.69) is 21.0 Å². The first-order valence-electron chi connectivity index (χ1n) is 7.12. The zero-order valence-electron chi connectivity index (χ0n) is 12.7. The Hall–Kier alpha value is -2.28. The van der Waals surface area contributed by atoms with E-state index in [1.807, 2.05) is 6.92 Å². The molecule has 1 aromatic carbocycles. The lowest BCUT2D eigenvalue weighted by Gasteiger charge is -2.14. The normalized spacial score (nSPS) is 14.7. The number of aryl methyl sites for hydroxylation is 1. The van der Waals surface area contributed by atoms with Gasteiger partial charge in [0, 0.05) is 18.4 Å². The highest BCUT2D eigenvalue weighted by molar-refractivity contribution is 9.10. The number of aromatic nitrogens is 2. The highest BCUT2D eigenvalue weighted by Crippen LogP contribution is 2.24. The molecule has 3 rings (SSSR count). The van der Waals surface area contributed by atoms with Crippen molar-refractivity contribution in [2.75, 3.05) is 4.90 Å². The van der Waals surface area contributed by atoms with Crippen LogP contribution in [0, 0.1) is 13.8 Å². The zero-order chi connectivity index (χ0) is 16.7. The second-order valence-electron chi connectivity index (χ2n) is 5.37. The van der Waals surface area contributed by atoms with Crippen molar-refractivity contribution in [3.63, 3.8) is 0 Å². The van der Waals surface area contributed by atoms with E-state index in [4.69, 9.17) is 0 Å². The number of benzene rings is 1. The van der Waals surface area contributed by atoms with E-state index in [1.54, 1.807) is 31.2 Å². The molecular formula is C16H14BrN3O3. The van der Waals surface area contributed by atoms with E-state index in [-0.39, 0.29) is 30.6 Å². The molecule has 2 amide bonds. The van der Waals surface area contributed by atoms with E-state index in [9.17, 15) is 14.4 Å². The third-order valence-corrected chi connectivity index (χ3v) is 4.97. The first-order chi connectivity index (χ1) is 10.9. The molecule has 0 bridgehead atoms. The summed E-state index contributed by atoms with van der Waals surface area (Å²) >= 11 is 3.39.